The monoisotopic (exact) mass is 262 g/mol. The van der Waals surface area contributed by atoms with Crippen LogP contribution in [0.4, 0.5) is 4.79 Å². The number of carbonyl (C=O) groups is 1. The zero-order valence-corrected chi connectivity index (χ0v) is 11.9. The van der Waals surface area contributed by atoms with E-state index in [-0.39, 0.29) is 11.4 Å². The average molecular weight is 262 g/mol. The normalized spacial score (nSPS) is 13.6. The molecule has 0 saturated carbocycles. The van der Waals surface area contributed by atoms with E-state index < -0.39 is 0 Å². The standard InChI is InChI=1S/C15H22N2O2/c1-15(2,3)10-17-14(18)16-9-11-4-5-13-12(8-11)6-7-19-13/h4-5,8H,6-7,9-10H2,1-3H3,(H2,16,17,18). The number of hydrogen-bond acceptors (Lipinski definition) is 2. The third kappa shape index (κ3) is 4.16. The van der Waals surface area contributed by atoms with Crippen molar-refractivity contribution in [3.8, 4) is 5.75 Å². The molecule has 0 fully saturated rings. The first-order chi connectivity index (χ1) is 8.94. The molecular weight excluding hydrogens is 240 g/mol. The maximum atomic E-state index is 11.6. The summed E-state index contributed by atoms with van der Waals surface area (Å²) in [7, 11) is 0. The van der Waals surface area contributed by atoms with E-state index >= 15 is 0 Å². The number of urea groups is 1. The molecule has 1 aliphatic heterocycles. The van der Waals surface area contributed by atoms with Crippen molar-refractivity contribution in [1.29, 1.82) is 0 Å². The molecule has 0 aliphatic carbocycles. The lowest BCUT2D eigenvalue weighted by Gasteiger charge is -2.19. The van der Waals surface area contributed by atoms with Crippen LogP contribution in [0.3, 0.4) is 0 Å². The van der Waals surface area contributed by atoms with Crippen LogP contribution >= 0.6 is 0 Å². The van der Waals surface area contributed by atoms with Gasteiger partial charge in [-0.3, -0.25) is 0 Å². The number of amides is 2. The molecule has 2 N–H and O–H groups in total. The Morgan fingerprint density at radius 1 is 1.32 bits per heavy atom. The summed E-state index contributed by atoms with van der Waals surface area (Å²) in [5.41, 5.74) is 2.44. The van der Waals surface area contributed by atoms with Gasteiger partial charge in [0.25, 0.3) is 0 Å². The van der Waals surface area contributed by atoms with E-state index in [9.17, 15) is 4.79 Å². The van der Waals surface area contributed by atoms with E-state index in [1.165, 1.54) is 5.56 Å². The van der Waals surface area contributed by atoms with Crippen LogP contribution in [0.5, 0.6) is 5.75 Å². The van der Waals surface area contributed by atoms with Gasteiger partial charge in [-0.2, -0.15) is 0 Å². The van der Waals surface area contributed by atoms with Crippen molar-refractivity contribution in [3.05, 3.63) is 29.3 Å². The van der Waals surface area contributed by atoms with Crippen molar-refractivity contribution >= 4 is 6.03 Å². The molecule has 1 aromatic rings. The summed E-state index contributed by atoms with van der Waals surface area (Å²) in [6.07, 6.45) is 0.958. The summed E-state index contributed by atoms with van der Waals surface area (Å²) < 4.78 is 5.46. The molecule has 2 amide bonds. The average Bonchev–Trinajstić information content (AvgIpc) is 2.80. The van der Waals surface area contributed by atoms with Crippen LogP contribution in [0, 0.1) is 5.41 Å². The fraction of sp³-hybridized carbons (Fsp3) is 0.533. The predicted molar refractivity (Wildman–Crippen MR) is 75.3 cm³/mol. The first-order valence-corrected chi connectivity index (χ1v) is 6.70. The van der Waals surface area contributed by atoms with Crippen LogP contribution in [0.15, 0.2) is 18.2 Å². The molecule has 104 valence electrons. The lowest BCUT2D eigenvalue weighted by atomic mass is 9.97. The number of benzene rings is 1. The Hall–Kier alpha value is -1.71. The minimum atomic E-state index is -0.119. The molecule has 0 unspecified atom stereocenters. The Balaban J connectivity index is 1.81. The first kappa shape index (κ1) is 13.7. The van der Waals surface area contributed by atoms with Gasteiger partial charge in [-0.15, -0.1) is 0 Å². The lowest BCUT2D eigenvalue weighted by Crippen LogP contribution is -2.39. The summed E-state index contributed by atoms with van der Waals surface area (Å²) in [6, 6.07) is 5.96. The molecular formula is C15H22N2O2. The van der Waals surface area contributed by atoms with Gasteiger partial charge in [0.05, 0.1) is 6.61 Å². The molecule has 0 aromatic heterocycles. The molecule has 0 saturated heterocycles. The highest BCUT2D eigenvalue weighted by Crippen LogP contribution is 2.25. The minimum Gasteiger partial charge on any atom is -0.493 e. The predicted octanol–water partition coefficient (Wildman–Crippen LogP) is 2.47. The lowest BCUT2D eigenvalue weighted by molar-refractivity contribution is 0.235. The smallest absolute Gasteiger partial charge is 0.315 e. The molecule has 19 heavy (non-hydrogen) atoms. The summed E-state index contributed by atoms with van der Waals surface area (Å²) in [5.74, 6) is 0.973. The summed E-state index contributed by atoms with van der Waals surface area (Å²) >= 11 is 0. The molecule has 1 aliphatic rings. The van der Waals surface area contributed by atoms with Crippen molar-refractivity contribution < 1.29 is 9.53 Å². The van der Waals surface area contributed by atoms with Gasteiger partial charge < -0.3 is 15.4 Å². The SMILES string of the molecule is CC(C)(C)CNC(=O)NCc1ccc2c(c1)CCO2. The van der Waals surface area contributed by atoms with Crippen LogP contribution in [0.2, 0.25) is 0 Å². The second-order valence-corrected chi connectivity index (χ2v) is 6.14. The highest BCUT2D eigenvalue weighted by atomic mass is 16.5. The van der Waals surface area contributed by atoms with Gasteiger partial charge in [0.1, 0.15) is 5.75 Å². The molecule has 2 rings (SSSR count). The number of nitrogens with one attached hydrogen (secondary N) is 2. The van der Waals surface area contributed by atoms with Crippen LogP contribution in [-0.4, -0.2) is 19.2 Å². The Labute approximate surface area is 114 Å². The molecule has 0 bridgehead atoms. The summed E-state index contributed by atoms with van der Waals surface area (Å²) in [6.45, 7) is 8.24. The van der Waals surface area contributed by atoms with Gasteiger partial charge in [0.2, 0.25) is 0 Å². The van der Waals surface area contributed by atoms with Crippen molar-refractivity contribution in [2.24, 2.45) is 5.41 Å². The van der Waals surface area contributed by atoms with Crippen molar-refractivity contribution in [1.82, 2.24) is 10.6 Å². The fourth-order valence-electron chi connectivity index (χ4n) is 1.94. The van der Waals surface area contributed by atoms with Crippen LogP contribution in [-0.2, 0) is 13.0 Å². The van der Waals surface area contributed by atoms with Gasteiger partial charge >= 0.3 is 6.03 Å². The van der Waals surface area contributed by atoms with E-state index in [4.69, 9.17) is 4.74 Å². The second kappa shape index (κ2) is 5.51. The van der Waals surface area contributed by atoms with E-state index in [0.717, 1.165) is 24.3 Å². The molecule has 0 radical (unpaired) electrons. The Morgan fingerprint density at radius 3 is 2.84 bits per heavy atom. The van der Waals surface area contributed by atoms with Crippen LogP contribution in [0.25, 0.3) is 0 Å². The highest BCUT2D eigenvalue weighted by Gasteiger charge is 2.13. The van der Waals surface area contributed by atoms with Gasteiger partial charge in [0.15, 0.2) is 0 Å². The molecule has 4 nitrogen and oxygen atoms in total. The summed E-state index contributed by atoms with van der Waals surface area (Å²) in [4.78, 5) is 11.6. The van der Waals surface area contributed by atoms with Gasteiger partial charge in [-0.25, -0.2) is 4.79 Å². The third-order valence-corrected chi connectivity index (χ3v) is 2.99. The number of rotatable bonds is 3. The first-order valence-electron chi connectivity index (χ1n) is 6.70. The van der Waals surface area contributed by atoms with Gasteiger partial charge in [0, 0.05) is 19.5 Å². The largest absolute Gasteiger partial charge is 0.493 e. The topological polar surface area (TPSA) is 50.4 Å². The molecule has 4 heteroatoms. The Kier molecular flexibility index (Phi) is 3.98. The van der Waals surface area contributed by atoms with E-state index in [1.54, 1.807) is 0 Å². The van der Waals surface area contributed by atoms with Crippen molar-refractivity contribution in [2.45, 2.75) is 33.7 Å². The zero-order valence-electron chi connectivity index (χ0n) is 11.9. The second-order valence-electron chi connectivity index (χ2n) is 6.14. The Bertz CT molecular complexity index is 464. The van der Waals surface area contributed by atoms with E-state index in [1.807, 2.05) is 12.1 Å². The van der Waals surface area contributed by atoms with Crippen molar-refractivity contribution in [2.75, 3.05) is 13.2 Å². The summed E-state index contributed by atoms with van der Waals surface area (Å²) in [5, 5.41) is 5.74. The van der Waals surface area contributed by atoms with Gasteiger partial charge in [-0.1, -0.05) is 32.9 Å². The van der Waals surface area contributed by atoms with E-state index in [2.05, 4.69) is 37.5 Å². The quantitative estimate of drug-likeness (QED) is 0.879. The maximum absolute atomic E-state index is 11.6. The molecule has 1 heterocycles. The van der Waals surface area contributed by atoms with Crippen molar-refractivity contribution in [3.63, 3.8) is 0 Å². The van der Waals surface area contributed by atoms with Gasteiger partial charge in [-0.05, 0) is 22.6 Å². The van der Waals surface area contributed by atoms with E-state index in [0.29, 0.717) is 13.1 Å². The fourth-order valence-corrected chi connectivity index (χ4v) is 1.94. The Morgan fingerprint density at radius 2 is 2.11 bits per heavy atom. The third-order valence-electron chi connectivity index (χ3n) is 2.99. The minimum absolute atomic E-state index is 0.0995. The molecule has 1 aromatic carbocycles. The zero-order chi connectivity index (χ0) is 13.9. The van der Waals surface area contributed by atoms with Crippen LogP contribution in [0.1, 0.15) is 31.9 Å². The maximum Gasteiger partial charge on any atom is 0.315 e. The number of ether oxygens (including phenoxy) is 1. The number of fused-ring (bicyclic) bond motifs is 1. The van der Waals surface area contributed by atoms with Crippen LogP contribution < -0.4 is 15.4 Å². The number of hydrogen-bond donors (Lipinski definition) is 2. The highest BCUT2D eigenvalue weighted by molar-refractivity contribution is 5.73. The molecule has 0 atom stereocenters. The number of carbonyl (C=O) groups excluding carboxylic acids is 1. The molecule has 0 spiro atoms.